The summed E-state index contributed by atoms with van der Waals surface area (Å²) in [5.74, 6) is -0.644. The minimum absolute atomic E-state index is 0.00139. The van der Waals surface area contributed by atoms with Gasteiger partial charge in [-0.2, -0.15) is 0 Å². The van der Waals surface area contributed by atoms with Gasteiger partial charge >= 0.3 is 5.97 Å². The predicted octanol–water partition coefficient (Wildman–Crippen LogP) is 1.95. The molecule has 4 nitrogen and oxygen atoms in total. The minimum atomic E-state index is -1.04. The van der Waals surface area contributed by atoms with Crippen LogP contribution in [0.2, 0.25) is 0 Å². The van der Waals surface area contributed by atoms with Gasteiger partial charge in [0.05, 0.1) is 10.7 Å². The topological polar surface area (TPSA) is 67.3 Å². The van der Waals surface area contributed by atoms with Gasteiger partial charge in [-0.3, -0.25) is 9.59 Å². The number of thiazole rings is 1. The second kappa shape index (κ2) is 3.66. The standard InChI is InChI=1S/C11H13NO3S/c1-6(2)9-12-8(5-16-9)11(10(14)15)3-7(13)4-11/h5-6H,3-4H2,1-2H3,(H,14,15). The smallest absolute Gasteiger partial charge is 0.316 e. The highest BCUT2D eigenvalue weighted by Crippen LogP contribution is 2.42. The molecule has 0 spiro atoms. The summed E-state index contributed by atoms with van der Waals surface area (Å²) in [4.78, 5) is 26.6. The largest absolute Gasteiger partial charge is 0.481 e. The molecule has 0 atom stereocenters. The van der Waals surface area contributed by atoms with Crippen LogP contribution in [0, 0.1) is 0 Å². The number of carbonyl (C=O) groups is 2. The van der Waals surface area contributed by atoms with Crippen molar-refractivity contribution in [1.29, 1.82) is 0 Å². The highest BCUT2D eigenvalue weighted by atomic mass is 32.1. The lowest BCUT2D eigenvalue weighted by Crippen LogP contribution is -2.48. The Labute approximate surface area is 97.3 Å². The number of ketones is 1. The fourth-order valence-electron chi connectivity index (χ4n) is 1.84. The third-order valence-corrected chi connectivity index (χ3v) is 4.06. The highest BCUT2D eigenvalue weighted by molar-refractivity contribution is 7.09. The summed E-state index contributed by atoms with van der Waals surface area (Å²) < 4.78 is 0. The van der Waals surface area contributed by atoms with E-state index in [0.717, 1.165) is 5.01 Å². The van der Waals surface area contributed by atoms with Crippen LogP contribution < -0.4 is 0 Å². The molecule has 0 unspecified atom stereocenters. The van der Waals surface area contributed by atoms with Crippen molar-refractivity contribution in [1.82, 2.24) is 4.98 Å². The van der Waals surface area contributed by atoms with Gasteiger partial charge in [-0.25, -0.2) is 4.98 Å². The van der Waals surface area contributed by atoms with E-state index in [9.17, 15) is 14.7 Å². The summed E-state index contributed by atoms with van der Waals surface area (Å²) >= 11 is 1.47. The van der Waals surface area contributed by atoms with Gasteiger partial charge < -0.3 is 5.11 Å². The average molecular weight is 239 g/mol. The lowest BCUT2D eigenvalue weighted by Gasteiger charge is -2.34. The zero-order valence-corrected chi connectivity index (χ0v) is 10.0. The number of carboxylic acids is 1. The Morgan fingerprint density at radius 3 is 2.56 bits per heavy atom. The third kappa shape index (κ3) is 1.55. The average Bonchev–Trinajstić information content (AvgIpc) is 2.60. The molecule has 1 aliphatic carbocycles. The van der Waals surface area contributed by atoms with Crippen molar-refractivity contribution in [3.05, 3.63) is 16.1 Å². The molecule has 1 aliphatic rings. The lowest BCUT2D eigenvalue weighted by atomic mass is 9.66. The molecule has 5 heteroatoms. The zero-order valence-electron chi connectivity index (χ0n) is 9.19. The fourth-order valence-corrected chi connectivity index (χ4v) is 2.77. The van der Waals surface area contributed by atoms with E-state index in [1.165, 1.54) is 11.3 Å². The molecule has 1 aromatic rings. The number of Topliss-reactive ketones (excluding diaryl/α,β-unsaturated/α-hetero) is 1. The Bertz CT molecular complexity index is 442. The monoisotopic (exact) mass is 239 g/mol. The minimum Gasteiger partial charge on any atom is -0.481 e. The molecule has 0 bridgehead atoms. The van der Waals surface area contributed by atoms with E-state index in [4.69, 9.17) is 0 Å². The number of carboxylic acid groups (broad SMARTS) is 1. The van der Waals surface area contributed by atoms with Gasteiger partial charge in [0.1, 0.15) is 11.2 Å². The van der Waals surface area contributed by atoms with Crippen LogP contribution in [-0.4, -0.2) is 21.8 Å². The van der Waals surface area contributed by atoms with Crippen LogP contribution in [0.15, 0.2) is 5.38 Å². The molecule has 2 rings (SSSR count). The van der Waals surface area contributed by atoms with E-state index in [1.807, 2.05) is 13.8 Å². The Morgan fingerprint density at radius 1 is 1.56 bits per heavy atom. The number of nitrogens with zero attached hydrogens (tertiary/aromatic N) is 1. The summed E-state index contributed by atoms with van der Waals surface area (Å²) in [5.41, 5.74) is -0.492. The number of hydrogen-bond acceptors (Lipinski definition) is 4. The van der Waals surface area contributed by atoms with E-state index in [1.54, 1.807) is 5.38 Å². The molecule has 0 aromatic carbocycles. The summed E-state index contributed by atoms with van der Waals surface area (Å²) in [6.45, 7) is 4.03. The first-order valence-electron chi connectivity index (χ1n) is 5.17. The highest BCUT2D eigenvalue weighted by Gasteiger charge is 2.53. The van der Waals surface area contributed by atoms with Gasteiger partial charge in [0, 0.05) is 24.1 Å². The molecule has 1 saturated carbocycles. The molecular formula is C11H13NO3S. The van der Waals surface area contributed by atoms with Gasteiger partial charge in [-0.1, -0.05) is 13.8 Å². The van der Waals surface area contributed by atoms with Gasteiger partial charge in [-0.05, 0) is 0 Å². The summed E-state index contributed by atoms with van der Waals surface area (Å²) in [6.07, 6.45) is 0.174. The molecule has 0 aliphatic heterocycles. The number of aliphatic carboxylic acids is 1. The molecule has 1 fully saturated rings. The predicted molar refractivity (Wildman–Crippen MR) is 59.8 cm³/mol. The van der Waals surface area contributed by atoms with Crippen molar-refractivity contribution < 1.29 is 14.7 Å². The Kier molecular flexibility index (Phi) is 2.58. The lowest BCUT2D eigenvalue weighted by molar-refractivity contribution is -0.153. The van der Waals surface area contributed by atoms with Crippen LogP contribution in [0.25, 0.3) is 0 Å². The molecule has 0 saturated heterocycles. The van der Waals surface area contributed by atoms with Crippen molar-refractivity contribution in [3.8, 4) is 0 Å². The van der Waals surface area contributed by atoms with E-state index >= 15 is 0 Å². The number of rotatable bonds is 3. The maximum Gasteiger partial charge on any atom is 0.316 e. The van der Waals surface area contributed by atoms with Crippen LogP contribution >= 0.6 is 11.3 Å². The molecule has 1 aromatic heterocycles. The molecule has 86 valence electrons. The Hall–Kier alpha value is -1.23. The Balaban J connectivity index is 2.34. The molecular weight excluding hydrogens is 226 g/mol. The first kappa shape index (κ1) is 11.3. The van der Waals surface area contributed by atoms with Gasteiger partial charge in [-0.15, -0.1) is 11.3 Å². The second-order valence-electron chi connectivity index (χ2n) is 4.51. The van der Waals surface area contributed by atoms with E-state index < -0.39 is 11.4 Å². The number of carbonyl (C=O) groups excluding carboxylic acids is 1. The van der Waals surface area contributed by atoms with E-state index in [2.05, 4.69) is 4.98 Å². The van der Waals surface area contributed by atoms with E-state index in [-0.39, 0.29) is 18.6 Å². The quantitative estimate of drug-likeness (QED) is 0.875. The van der Waals surface area contributed by atoms with Crippen molar-refractivity contribution in [2.75, 3.05) is 0 Å². The number of aromatic nitrogens is 1. The molecule has 16 heavy (non-hydrogen) atoms. The van der Waals surface area contributed by atoms with Crippen LogP contribution in [0.3, 0.4) is 0 Å². The molecule has 0 radical (unpaired) electrons. The second-order valence-corrected chi connectivity index (χ2v) is 5.39. The van der Waals surface area contributed by atoms with E-state index in [0.29, 0.717) is 11.6 Å². The molecule has 0 amide bonds. The molecule has 1 heterocycles. The zero-order chi connectivity index (χ0) is 11.9. The van der Waals surface area contributed by atoms with Gasteiger partial charge in [0.2, 0.25) is 0 Å². The number of hydrogen-bond donors (Lipinski definition) is 1. The molecule has 1 N–H and O–H groups in total. The summed E-state index contributed by atoms with van der Waals surface area (Å²) in [5, 5.41) is 11.9. The van der Waals surface area contributed by atoms with Gasteiger partial charge in [0.15, 0.2) is 0 Å². The normalized spacial score (nSPS) is 18.6. The fraction of sp³-hybridized carbons (Fsp3) is 0.545. The third-order valence-electron chi connectivity index (χ3n) is 2.91. The van der Waals surface area contributed by atoms with Crippen molar-refractivity contribution >= 4 is 23.1 Å². The van der Waals surface area contributed by atoms with Crippen molar-refractivity contribution in [2.24, 2.45) is 0 Å². The maximum absolute atomic E-state index is 11.2. The summed E-state index contributed by atoms with van der Waals surface area (Å²) in [7, 11) is 0. The maximum atomic E-state index is 11.2. The van der Waals surface area contributed by atoms with Crippen molar-refractivity contribution in [3.63, 3.8) is 0 Å². The van der Waals surface area contributed by atoms with Crippen LogP contribution in [0.4, 0.5) is 0 Å². The van der Waals surface area contributed by atoms with Crippen LogP contribution in [-0.2, 0) is 15.0 Å². The first-order valence-corrected chi connectivity index (χ1v) is 6.04. The SMILES string of the molecule is CC(C)c1nc(C2(C(=O)O)CC(=O)C2)cs1. The first-order chi connectivity index (χ1) is 7.45. The summed E-state index contributed by atoms with van der Waals surface area (Å²) in [6, 6.07) is 0. The van der Waals surface area contributed by atoms with Crippen LogP contribution in [0.1, 0.15) is 43.3 Å². The van der Waals surface area contributed by atoms with Gasteiger partial charge in [0.25, 0.3) is 0 Å². The Morgan fingerprint density at radius 2 is 2.19 bits per heavy atom. The van der Waals surface area contributed by atoms with Crippen LogP contribution in [0.5, 0.6) is 0 Å². The van der Waals surface area contributed by atoms with Crippen molar-refractivity contribution in [2.45, 2.75) is 38.0 Å².